The summed E-state index contributed by atoms with van der Waals surface area (Å²) in [6.45, 7) is 2.05. The highest BCUT2D eigenvalue weighted by molar-refractivity contribution is 7.10. The van der Waals surface area contributed by atoms with Crippen molar-refractivity contribution < 1.29 is 19.1 Å². The van der Waals surface area contributed by atoms with Gasteiger partial charge in [0.25, 0.3) is 5.91 Å². The van der Waals surface area contributed by atoms with Crippen LogP contribution in [0.3, 0.4) is 0 Å². The number of hydrogen-bond donors (Lipinski definition) is 2. The van der Waals surface area contributed by atoms with Crippen molar-refractivity contribution in [1.29, 1.82) is 0 Å². The van der Waals surface area contributed by atoms with Crippen LogP contribution in [0.25, 0.3) is 0 Å². The number of aromatic nitrogens is 1. The predicted octanol–water partition coefficient (Wildman–Crippen LogP) is 4.96. The minimum atomic E-state index is -0.460. The van der Waals surface area contributed by atoms with Crippen LogP contribution < -0.4 is 10.6 Å². The summed E-state index contributed by atoms with van der Waals surface area (Å²) in [5.41, 5.74) is 2.69. The molecule has 2 N–H and O–H groups in total. The number of rotatable bonds is 7. The average molecular weight is 497 g/mol. The molecule has 2 aromatic rings. The second kappa shape index (κ2) is 12.0. The van der Waals surface area contributed by atoms with Crippen LogP contribution in [0.4, 0.5) is 10.5 Å². The van der Waals surface area contributed by atoms with E-state index < -0.39 is 5.97 Å². The molecule has 0 saturated carbocycles. The van der Waals surface area contributed by atoms with Crippen molar-refractivity contribution in [1.82, 2.24) is 15.2 Å². The summed E-state index contributed by atoms with van der Waals surface area (Å²) in [6, 6.07) is 6.61. The van der Waals surface area contributed by atoms with Gasteiger partial charge in [-0.05, 0) is 63.1 Å². The first-order chi connectivity index (χ1) is 17.0. The lowest BCUT2D eigenvalue weighted by molar-refractivity contribution is 0.0600. The second-order valence-corrected chi connectivity index (χ2v) is 9.84. The average Bonchev–Trinajstić information content (AvgIpc) is 3.40. The summed E-state index contributed by atoms with van der Waals surface area (Å²) in [4.78, 5) is 43.4. The molecule has 35 heavy (non-hydrogen) atoms. The van der Waals surface area contributed by atoms with Crippen molar-refractivity contribution in [2.24, 2.45) is 0 Å². The topological polar surface area (TPSA) is 101 Å². The number of anilines is 1. The summed E-state index contributed by atoms with van der Waals surface area (Å²) in [5, 5.41) is 8.53. The van der Waals surface area contributed by atoms with Crippen molar-refractivity contribution in [3.05, 3.63) is 57.6 Å². The molecule has 8 nitrogen and oxygen atoms in total. The van der Waals surface area contributed by atoms with Gasteiger partial charge in [-0.2, -0.15) is 0 Å². The number of hydrogen-bond acceptors (Lipinski definition) is 6. The number of methoxy groups -OCH3 is 1. The van der Waals surface area contributed by atoms with Crippen molar-refractivity contribution in [2.45, 2.75) is 50.9 Å². The van der Waals surface area contributed by atoms with E-state index in [0.717, 1.165) is 30.7 Å². The van der Waals surface area contributed by atoms with Crippen molar-refractivity contribution in [3.8, 4) is 0 Å². The molecule has 1 saturated heterocycles. The van der Waals surface area contributed by atoms with E-state index in [1.54, 1.807) is 29.6 Å². The Morgan fingerprint density at radius 2 is 2.03 bits per heavy atom. The van der Waals surface area contributed by atoms with Crippen LogP contribution in [-0.2, 0) is 4.74 Å². The summed E-state index contributed by atoms with van der Waals surface area (Å²) < 4.78 is 4.73. The molecule has 0 radical (unpaired) electrons. The van der Waals surface area contributed by atoms with Gasteiger partial charge in [0.2, 0.25) is 0 Å². The van der Waals surface area contributed by atoms with Gasteiger partial charge >= 0.3 is 12.0 Å². The van der Waals surface area contributed by atoms with Gasteiger partial charge in [0.05, 0.1) is 17.7 Å². The normalized spacial score (nSPS) is 16.4. The molecule has 3 amide bonds. The van der Waals surface area contributed by atoms with E-state index in [-0.39, 0.29) is 17.9 Å². The van der Waals surface area contributed by atoms with Gasteiger partial charge in [0.15, 0.2) is 0 Å². The van der Waals surface area contributed by atoms with Gasteiger partial charge in [0.1, 0.15) is 5.69 Å². The fourth-order valence-corrected chi connectivity index (χ4v) is 5.49. The first-order valence-corrected chi connectivity index (χ1v) is 13.1. The quantitative estimate of drug-likeness (QED) is 0.417. The van der Waals surface area contributed by atoms with Crippen LogP contribution in [0.1, 0.15) is 76.7 Å². The molecule has 0 atom stereocenters. The van der Waals surface area contributed by atoms with E-state index in [2.05, 4.69) is 21.7 Å². The summed E-state index contributed by atoms with van der Waals surface area (Å²) in [6.07, 6.45) is 9.79. The monoisotopic (exact) mass is 496 g/mol. The van der Waals surface area contributed by atoms with Crippen molar-refractivity contribution in [3.63, 3.8) is 0 Å². The van der Waals surface area contributed by atoms with Gasteiger partial charge in [-0.3, -0.25) is 4.79 Å². The number of urea groups is 1. The van der Waals surface area contributed by atoms with Gasteiger partial charge < -0.3 is 20.3 Å². The Hall–Kier alpha value is -3.20. The highest BCUT2D eigenvalue weighted by Crippen LogP contribution is 2.30. The highest BCUT2D eigenvalue weighted by atomic mass is 32.1. The van der Waals surface area contributed by atoms with Crippen LogP contribution >= 0.6 is 11.3 Å². The molecular weight excluding hydrogens is 464 g/mol. The Morgan fingerprint density at radius 3 is 2.77 bits per heavy atom. The Labute approximate surface area is 209 Å². The van der Waals surface area contributed by atoms with Gasteiger partial charge in [-0.1, -0.05) is 17.7 Å². The second-order valence-electron chi connectivity index (χ2n) is 8.95. The molecule has 0 bridgehead atoms. The zero-order valence-electron chi connectivity index (χ0n) is 20.0. The molecule has 1 aromatic carbocycles. The number of nitrogens with one attached hydrogen (secondary N) is 2. The third-order valence-corrected chi connectivity index (χ3v) is 7.54. The molecular formula is C26H32N4O4S. The lowest BCUT2D eigenvalue weighted by Gasteiger charge is -2.31. The van der Waals surface area contributed by atoms with Crippen molar-refractivity contribution >= 4 is 34.9 Å². The zero-order chi connectivity index (χ0) is 24.6. The molecule has 0 spiro atoms. The fourth-order valence-electron chi connectivity index (χ4n) is 4.52. The first-order valence-electron chi connectivity index (χ1n) is 12.2. The molecule has 1 aliphatic carbocycles. The number of piperidine rings is 1. The van der Waals surface area contributed by atoms with E-state index in [4.69, 9.17) is 4.74 Å². The molecule has 1 fully saturated rings. The fraction of sp³-hybridized carbons (Fsp3) is 0.462. The van der Waals surface area contributed by atoms with Crippen LogP contribution in [0.15, 0.2) is 41.3 Å². The predicted molar refractivity (Wildman–Crippen MR) is 136 cm³/mol. The van der Waals surface area contributed by atoms with Crippen LogP contribution in [-0.4, -0.2) is 54.5 Å². The molecule has 9 heteroatoms. The van der Waals surface area contributed by atoms with E-state index in [9.17, 15) is 14.4 Å². The lowest BCUT2D eigenvalue weighted by Crippen LogP contribution is -2.44. The maximum atomic E-state index is 12.7. The minimum Gasteiger partial charge on any atom is -0.465 e. The maximum Gasteiger partial charge on any atom is 0.337 e. The molecule has 0 unspecified atom stereocenters. The highest BCUT2D eigenvalue weighted by Gasteiger charge is 2.26. The standard InChI is InChI=1S/C26H32N4O4S/c1-34-25(32)20-8-5-9-21(16-20)28-23(31)22-17-35-24(29-22)19-11-14-30(15-12-19)26(33)27-13-10-18-6-3-2-4-7-18/h5-6,8-9,16-17,19H,2-4,7,10-15H2,1H3,(H,27,33)(H,28,31). The molecule has 1 aromatic heterocycles. The number of thiazole rings is 1. The molecule has 2 aliphatic rings. The van der Waals surface area contributed by atoms with E-state index >= 15 is 0 Å². The number of allylic oxidation sites excluding steroid dienone is 1. The summed E-state index contributed by atoms with van der Waals surface area (Å²) in [7, 11) is 1.32. The van der Waals surface area contributed by atoms with E-state index in [1.807, 2.05) is 4.90 Å². The molecule has 1 aliphatic heterocycles. The number of benzene rings is 1. The largest absolute Gasteiger partial charge is 0.465 e. The third kappa shape index (κ3) is 6.69. The number of likely N-dealkylation sites (tertiary alicyclic amines) is 1. The number of carbonyl (C=O) groups is 3. The molecule has 4 rings (SSSR count). The number of carbonyl (C=O) groups excluding carboxylic acids is 3. The Bertz CT molecular complexity index is 1090. The number of nitrogens with zero attached hydrogens (tertiary/aromatic N) is 2. The minimum absolute atomic E-state index is 0.00764. The SMILES string of the molecule is COC(=O)c1cccc(NC(=O)c2csc(C3CCN(C(=O)NCCC4=CCCCC4)CC3)n2)c1. The smallest absolute Gasteiger partial charge is 0.337 e. The molecule has 2 heterocycles. The first kappa shape index (κ1) is 24.9. The van der Waals surface area contributed by atoms with Gasteiger partial charge in [-0.15, -0.1) is 11.3 Å². The Morgan fingerprint density at radius 1 is 1.20 bits per heavy atom. The number of amides is 3. The van der Waals surface area contributed by atoms with Gasteiger partial charge in [-0.25, -0.2) is 14.6 Å². The van der Waals surface area contributed by atoms with E-state index in [0.29, 0.717) is 36.6 Å². The van der Waals surface area contributed by atoms with Gasteiger partial charge in [0, 0.05) is 36.6 Å². The maximum absolute atomic E-state index is 12.7. The van der Waals surface area contributed by atoms with Crippen molar-refractivity contribution in [2.75, 3.05) is 32.1 Å². The number of ether oxygens (including phenoxy) is 1. The Kier molecular flexibility index (Phi) is 8.52. The zero-order valence-corrected chi connectivity index (χ0v) is 20.9. The number of esters is 1. The van der Waals surface area contributed by atoms with E-state index in [1.165, 1.54) is 43.3 Å². The van der Waals surface area contributed by atoms with Crippen LogP contribution in [0, 0.1) is 0 Å². The third-order valence-electron chi connectivity index (χ3n) is 6.53. The Balaban J connectivity index is 1.24. The molecule has 186 valence electrons. The summed E-state index contributed by atoms with van der Waals surface area (Å²) in [5.74, 6) is -0.543. The van der Waals surface area contributed by atoms with Crippen LogP contribution in [0.2, 0.25) is 0 Å². The summed E-state index contributed by atoms with van der Waals surface area (Å²) >= 11 is 1.47. The van der Waals surface area contributed by atoms with Crippen LogP contribution in [0.5, 0.6) is 0 Å². The lowest BCUT2D eigenvalue weighted by atomic mass is 9.97.